The van der Waals surface area contributed by atoms with Gasteiger partial charge in [-0.25, -0.2) is 17.6 Å². The normalized spacial score (nSPS) is 10.8. The number of fused-ring (bicyclic) bond motifs is 1. The number of hydrogen-bond acceptors (Lipinski definition) is 1. The quantitative estimate of drug-likeness (QED) is 0.174. The van der Waals surface area contributed by atoms with Crippen LogP contribution in [0.15, 0.2) is 60.8 Å². The first-order chi connectivity index (χ1) is 16.0. The molecule has 0 aliphatic heterocycles. The van der Waals surface area contributed by atoms with Gasteiger partial charge in [0, 0.05) is 22.7 Å². The number of halogens is 4. The molecule has 0 unspecified atom stereocenters. The number of rotatable bonds is 5. The zero-order valence-corrected chi connectivity index (χ0v) is 18.1. The van der Waals surface area contributed by atoms with Crippen LogP contribution in [0.25, 0.3) is 22.0 Å². The van der Waals surface area contributed by atoms with Gasteiger partial charge in [-0.3, -0.25) is 4.98 Å². The highest BCUT2D eigenvalue weighted by atomic mass is 19.2. The van der Waals surface area contributed by atoms with E-state index in [1.165, 1.54) is 30.3 Å². The lowest BCUT2D eigenvalue weighted by Gasteiger charge is -2.06. The number of pyridine rings is 1. The lowest BCUT2D eigenvalue weighted by Crippen LogP contribution is -1.95. The van der Waals surface area contributed by atoms with E-state index in [1.807, 2.05) is 6.07 Å². The van der Waals surface area contributed by atoms with Crippen molar-refractivity contribution < 1.29 is 17.6 Å². The van der Waals surface area contributed by atoms with E-state index in [2.05, 4.69) is 23.7 Å². The number of benzene rings is 3. The van der Waals surface area contributed by atoms with Gasteiger partial charge in [-0.15, -0.1) is 0 Å². The van der Waals surface area contributed by atoms with Crippen LogP contribution in [0.2, 0.25) is 0 Å². The third-order valence-electron chi connectivity index (χ3n) is 5.47. The molecule has 1 heterocycles. The van der Waals surface area contributed by atoms with Crippen LogP contribution in [-0.4, -0.2) is 4.98 Å². The SMILES string of the molecule is CCCCCc1ccc(-c2cc(F)c(C#Cc3ccc4c(F)c(F)ccc4c3)c(F)c2)nc1. The van der Waals surface area contributed by atoms with Gasteiger partial charge >= 0.3 is 0 Å². The van der Waals surface area contributed by atoms with Crippen molar-refractivity contribution in [3.05, 3.63) is 101 Å². The van der Waals surface area contributed by atoms with E-state index in [9.17, 15) is 17.6 Å². The van der Waals surface area contributed by atoms with Crippen LogP contribution in [0, 0.1) is 35.1 Å². The zero-order chi connectivity index (χ0) is 23.4. The lowest BCUT2D eigenvalue weighted by molar-refractivity contribution is 0.517. The van der Waals surface area contributed by atoms with Crippen molar-refractivity contribution in [3.63, 3.8) is 0 Å². The minimum absolute atomic E-state index is 0.117. The Labute approximate surface area is 190 Å². The van der Waals surface area contributed by atoms with E-state index in [-0.39, 0.29) is 10.9 Å². The maximum atomic E-state index is 14.7. The van der Waals surface area contributed by atoms with Crippen LogP contribution < -0.4 is 0 Å². The predicted molar refractivity (Wildman–Crippen MR) is 123 cm³/mol. The van der Waals surface area contributed by atoms with Crippen LogP contribution in [0.3, 0.4) is 0 Å². The molecule has 3 aromatic carbocycles. The lowest BCUT2D eigenvalue weighted by atomic mass is 10.0. The molecular formula is C28H21F4N. The summed E-state index contributed by atoms with van der Waals surface area (Å²) in [5.41, 5.74) is 1.97. The summed E-state index contributed by atoms with van der Waals surface area (Å²) >= 11 is 0. The molecular weight excluding hydrogens is 426 g/mol. The second-order valence-corrected chi connectivity index (χ2v) is 7.87. The third-order valence-corrected chi connectivity index (χ3v) is 5.47. The van der Waals surface area contributed by atoms with E-state index in [4.69, 9.17) is 0 Å². The highest BCUT2D eigenvalue weighted by molar-refractivity contribution is 5.84. The van der Waals surface area contributed by atoms with Gasteiger partial charge in [0.1, 0.15) is 11.6 Å². The van der Waals surface area contributed by atoms with Gasteiger partial charge in [0.15, 0.2) is 11.6 Å². The Balaban J connectivity index is 1.58. The molecule has 0 N–H and O–H groups in total. The predicted octanol–water partition coefficient (Wildman–Crippen LogP) is 7.59. The molecule has 33 heavy (non-hydrogen) atoms. The molecule has 0 spiro atoms. The van der Waals surface area contributed by atoms with Gasteiger partial charge < -0.3 is 0 Å². The van der Waals surface area contributed by atoms with Gasteiger partial charge in [0.25, 0.3) is 0 Å². The van der Waals surface area contributed by atoms with Crippen molar-refractivity contribution in [3.8, 4) is 23.1 Å². The van der Waals surface area contributed by atoms with Crippen molar-refractivity contribution in [1.82, 2.24) is 4.98 Å². The van der Waals surface area contributed by atoms with Crippen molar-refractivity contribution in [2.75, 3.05) is 0 Å². The van der Waals surface area contributed by atoms with Crippen LogP contribution in [-0.2, 0) is 6.42 Å². The second kappa shape index (κ2) is 9.87. The summed E-state index contributed by atoms with van der Waals surface area (Å²) in [7, 11) is 0. The molecule has 5 heteroatoms. The molecule has 0 saturated heterocycles. The molecule has 0 saturated carbocycles. The maximum Gasteiger partial charge on any atom is 0.166 e. The molecule has 0 aliphatic rings. The summed E-state index contributed by atoms with van der Waals surface area (Å²) < 4.78 is 56.5. The van der Waals surface area contributed by atoms with E-state index in [0.717, 1.165) is 37.3 Å². The van der Waals surface area contributed by atoms with E-state index >= 15 is 0 Å². The smallest absolute Gasteiger partial charge is 0.166 e. The summed E-state index contributed by atoms with van der Waals surface area (Å²) in [4.78, 5) is 4.35. The first-order valence-electron chi connectivity index (χ1n) is 10.8. The summed E-state index contributed by atoms with van der Waals surface area (Å²) in [6.07, 6.45) is 6.03. The summed E-state index contributed by atoms with van der Waals surface area (Å²) in [5, 5.41) is 0.562. The molecule has 4 aromatic rings. The summed E-state index contributed by atoms with van der Waals surface area (Å²) in [6, 6.07) is 13.0. The molecule has 0 radical (unpaired) electrons. The number of unbranched alkanes of at least 4 members (excludes halogenated alkanes) is 2. The molecule has 0 amide bonds. The monoisotopic (exact) mass is 447 g/mol. The van der Waals surface area contributed by atoms with Gasteiger partial charge in [0.2, 0.25) is 0 Å². The van der Waals surface area contributed by atoms with Gasteiger partial charge in [-0.05, 0) is 60.2 Å². The van der Waals surface area contributed by atoms with Crippen molar-refractivity contribution in [2.45, 2.75) is 32.6 Å². The highest BCUT2D eigenvalue weighted by Gasteiger charge is 2.12. The Morgan fingerprint density at radius 1 is 0.788 bits per heavy atom. The summed E-state index contributed by atoms with van der Waals surface area (Å²) in [6.45, 7) is 2.14. The molecule has 0 fully saturated rings. The average Bonchev–Trinajstić information content (AvgIpc) is 2.81. The van der Waals surface area contributed by atoms with Crippen molar-refractivity contribution in [2.24, 2.45) is 0 Å². The highest BCUT2D eigenvalue weighted by Crippen LogP contribution is 2.24. The van der Waals surface area contributed by atoms with Crippen molar-refractivity contribution >= 4 is 10.8 Å². The fourth-order valence-corrected chi connectivity index (χ4v) is 3.64. The van der Waals surface area contributed by atoms with Crippen LogP contribution in [0.4, 0.5) is 17.6 Å². The average molecular weight is 447 g/mol. The van der Waals surface area contributed by atoms with Crippen LogP contribution in [0.1, 0.15) is 42.9 Å². The first kappa shape index (κ1) is 22.5. The fourth-order valence-electron chi connectivity index (χ4n) is 3.64. The molecule has 1 nitrogen and oxygen atoms in total. The topological polar surface area (TPSA) is 12.9 Å². The Morgan fingerprint density at radius 3 is 2.27 bits per heavy atom. The third kappa shape index (κ3) is 5.06. The largest absolute Gasteiger partial charge is 0.256 e. The van der Waals surface area contributed by atoms with Gasteiger partial charge in [-0.1, -0.05) is 49.8 Å². The van der Waals surface area contributed by atoms with E-state index in [1.54, 1.807) is 18.3 Å². The van der Waals surface area contributed by atoms with Crippen LogP contribution in [0.5, 0.6) is 0 Å². The van der Waals surface area contributed by atoms with Crippen LogP contribution >= 0.6 is 0 Å². The molecule has 0 aliphatic carbocycles. The number of aryl methyl sites for hydroxylation is 1. The van der Waals surface area contributed by atoms with Gasteiger partial charge in [-0.2, -0.15) is 0 Å². The fraction of sp³-hybridized carbons (Fsp3) is 0.179. The van der Waals surface area contributed by atoms with Crippen molar-refractivity contribution in [1.29, 1.82) is 0 Å². The first-order valence-corrected chi connectivity index (χ1v) is 10.8. The molecule has 0 atom stereocenters. The van der Waals surface area contributed by atoms with Gasteiger partial charge in [0.05, 0.1) is 11.3 Å². The van der Waals surface area contributed by atoms with E-state index < -0.39 is 23.3 Å². The standard InChI is InChI=1S/C28H21F4N/c1-2-3-4-5-19-8-13-27(33-17-19)21-15-25(30)23(26(31)16-21)11-7-18-6-10-22-20(14-18)9-12-24(29)28(22)32/h6,8-10,12-17H,2-5H2,1H3. The Bertz CT molecular complexity index is 1340. The Hall–Kier alpha value is -3.65. The Kier molecular flexibility index (Phi) is 6.74. The maximum absolute atomic E-state index is 14.7. The molecule has 4 rings (SSSR count). The zero-order valence-electron chi connectivity index (χ0n) is 18.1. The number of hydrogen-bond donors (Lipinski definition) is 0. The van der Waals surface area contributed by atoms with E-state index in [0.29, 0.717) is 22.2 Å². The number of nitrogens with zero attached hydrogens (tertiary/aromatic N) is 1. The number of aromatic nitrogens is 1. The second-order valence-electron chi connectivity index (χ2n) is 7.87. The minimum Gasteiger partial charge on any atom is -0.256 e. The minimum atomic E-state index is -0.942. The molecule has 1 aromatic heterocycles. The Morgan fingerprint density at radius 2 is 1.58 bits per heavy atom. The molecule has 0 bridgehead atoms. The molecule has 166 valence electrons. The summed E-state index contributed by atoms with van der Waals surface area (Å²) in [5.74, 6) is 1.75.